The molecule has 5 heteroatoms. The predicted octanol–water partition coefficient (Wildman–Crippen LogP) is 10.3. The van der Waals surface area contributed by atoms with E-state index in [1.54, 1.807) is 11.3 Å². The molecule has 240 valence electrons. The van der Waals surface area contributed by atoms with Crippen molar-refractivity contribution in [3.8, 4) is 55.9 Å². The van der Waals surface area contributed by atoms with Gasteiger partial charge in [0, 0.05) is 32.7 Å². The van der Waals surface area contributed by atoms with Crippen molar-refractivity contribution in [1.82, 2.24) is 19.9 Å². The SMILES string of the molecule is C1=c2cccc(-c3nc(-c4ccccc4)nc(-c4ccc5sc(-c6cccc(-c7ccc8c9ccccc9c9ccccc9c8c7)c6)nc5c4)n3)c2=1. The largest absolute Gasteiger partial charge is 0.236 e. The van der Waals surface area contributed by atoms with Crippen molar-refractivity contribution in [2.45, 2.75) is 0 Å². The van der Waals surface area contributed by atoms with Crippen molar-refractivity contribution in [2.24, 2.45) is 0 Å². The lowest BCUT2D eigenvalue weighted by Gasteiger charge is -2.12. The fourth-order valence-electron chi connectivity index (χ4n) is 7.40. The first-order chi connectivity index (χ1) is 25.7. The molecule has 0 atom stereocenters. The first-order valence-electron chi connectivity index (χ1n) is 17.3. The number of hydrogen-bond donors (Lipinski definition) is 0. The maximum absolute atomic E-state index is 5.15. The van der Waals surface area contributed by atoms with Gasteiger partial charge in [-0.1, -0.05) is 115 Å². The van der Waals surface area contributed by atoms with Gasteiger partial charge in [-0.2, -0.15) is 0 Å². The van der Waals surface area contributed by atoms with E-state index < -0.39 is 0 Å². The van der Waals surface area contributed by atoms with Crippen LogP contribution >= 0.6 is 11.3 Å². The molecule has 8 aromatic carbocycles. The lowest BCUT2D eigenvalue weighted by atomic mass is 9.92. The minimum atomic E-state index is 0.622. The molecular weight excluding hydrogens is 653 g/mol. The summed E-state index contributed by atoms with van der Waals surface area (Å²) in [5, 5.41) is 10.8. The topological polar surface area (TPSA) is 51.6 Å². The maximum Gasteiger partial charge on any atom is 0.165 e. The first kappa shape index (κ1) is 29.0. The van der Waals surface area contributed by atoms with E-state index in [-0.39, 0.29) is 0 Å². The fraction of sp³-hybridized carbons (Fsp3) is 0. The molecule has 0 aliphatic heterocycles. The van der Waals surface area contributed by atoms with Gasteiger partial charge < -0.3 is 0 Å². The van der Waals surface area contributed by atoms with Crippen molar-refractivity contribution in [2.75, 3.05) is 0 Å². The standard InChI is InChI=1S/C47H26N4S/c1-2-10-28(11-3-1)44-49-45(51-46(50-44)39-19-9-13-31-26-40(31)39)32-21-23-43-42(27-32)48-47(52-43)33-14-8-12-29(24-33)30-20-22-38-36-17-5-4-15-34(36)35-16-6-7-18-37(35)41(38)25-30/h1-25,27H. The molecule has 52 heavy (non-hydrogen) atoms. The van der Waals surface area contributed by atoms with Crippen LogP contribution in [0, 0.1) is 0 Å². The maximum atomic E-state index is 5.15. The number of nitrogens with zero attached hydrogens (tertiary/aromatic N) is 4. The average Bonchev–Trinajstić information content (AvgIpc) is 3.90. The molecule has 0 saturated heterocycles. The van der Waals surface area contributed by atoms with Crippen molar-refractivity contribution in [3.63, 3.8) is 0 Å². The molecule has 4 nitrogen and oxygen atoms in total. The third-order valence-electron chi connectivity index (χ3n) is 10.0. The third kappa shape index (κ3) is 4.76. The van der Waals surface area contributed by atoms with Gasteiger partial charge in [-0.15, -0.1) is 17.1 Å². The molecule has 0 spiro atoms. The molecule has 1 aliphatic rings. The predicted molar refractivity (Wildman–Crippen MR) is 214 cm³/mol. The normalized spacial score (nSPS) is 11.8. The van der Waals surface area contributed by atoms with Gasteiger partial charge in [0.1, 0.15) is 5.01 Å². The average molecular weight is 679 g/mol. The van der Waals surface area contributed by atoms with E-state index in [0.29, 0.717) is 17.5 Å². The van der Waals surface area contributed by atoms with Crippen molar-refractivity contribution < 1.29 is 0 Å². The summed E-state index contributed by atoms with van der Waals surface area (Å²) in [4.78, 5) is 20.0. The zero-order chi connectivity index (χ0) is 34.2. The van der Waals surface area contributed by atoms with Gasteiger partial charge >= 0.3 is 0 Å². The van der Waals surface area contributed by atoms with E-state index in [1.807, 2.05) is 36.4 Å². The molecule has 0 fully saturated rings. The molecule has 0 bridgehead atoms. The molecule has 0 N–H and O–H groups in total. The number of fused-ring (bicyclic) bond motifs is 8. The molecule has 11 rings (SSSR count). The van der Waals surface area contributed by atoms with Gasteiger partial charge in [0.25, 0.3) is 0 Å². The Bertz CT molecular complexity index is 3200. The van der Waals surface area contributed by atoms with Crippen LogP contribution in [0.5, 0.6) is 0 Å². The van der Waals surface area contributed by atoms with Crippen LogP contribution < -0.4 is 10.4 Å². The summed E-state index contributed by atoms with van der Waals surface area (Å²) < 4.78 is 1.11. The van der Waals surface area contributed by atoms with Crippen LogP contribution in [0.15, 0.2) is 158 Å². The van der Waals surface area contributed by atoms with Crippen molar-refractivity contribution in [1.29, 1.82) is 0 Å². The third-order valence-corrected chi connectivity index (χ3v) is 11.1. The number of hydrogen-bond acceptors (Lipinski definition) is 5. The molecule has 0 saturated carbocycles. The second kappa shape index (κ2) is 11.4. The number of thiazole rings is 1. The highest BCUT2D eigenvalue weighted by Gasteiger charge is 2.17. The van der Waals surface area contributed by atoms with E-state index >= 15 is 0 Å². The first-order valence-corrected chi connectivity index (χ1v) is 18.1. The second-order valence-electron chi connectivity index (χ2n) is 13.2. The summed E-state index contributed by atoms with van der Waals surface area (Å²) in [5.74, 6) is 1.92. The van der Waals surface area contributed by atoms with Gasteiger partial charge in [0.15, 0.2) is 17.5 Å². The monoisotopic (exact) mass is 678 g/mol. The second-order valence-corrected chi connectivity index (χ2v) is 14.2. The Hall–Kier alpha value is -6.78. The van der Waals surface area contributed by atoms with Gasteiger partial charge in [-0.3, -0.25) is 0 Å². The molecule has 10 aromatic rings. The quantitative estimate of drug-likeness (QED) is 0.170. The highest BCUT2D eigenvalue weighted by molar-refractivity contribution is 7.21. The van der Waals surface area contributed by atoms with Gasteiger partial charge in [-0.05, 0) is 85.9 Å². The van der Waals surface area contributed by atoms with E-state index in [4.69, 9.17) is 19.9 Å². The summed E-state index contributed by atoms with van der Waals surface area (Å²) >= 11 is 1.70. The van der Waals surface area contributed by atoms with Crippen LogP contribution in [-0.2, 0) is 0 Å². The van der Waals surface area contributed by atoms with Crippen LogP contribution in [0.25, 0.3) is 104 Å². The van der Waals surface area contributed by atoms with Crippen molar-refractivity contribution >= 4 is 59.6 Å². The highest BCUT2D eigenvalue weighted by atomic mass is 32.1. The lowest BCUT2D eigenvalue weighted by molar-refractivity contribution is 1.07. The zero-order valence-corrected chi connectivity index (χ0v) is 28.5. The van der Waals surface area contributed by atoms with Crippen LogP contribution in [0.2, 0.25) is 0 Å². The number of aromatic nitrogens is 4. The molecule has 0 unspecified atom stereocenters. The zero-order valence-electron chi connectivity index (χ0n) is 27.7. The van der Waals surface area contributed by atoms with Gasteiger partial charge in [-0.25, -0.2) is 19.9 Å². The van der Waals surface area contributed by atoms with E-state index in [2.05, 4.69) is 127 Å². The summed E-state index contributed by atoms with van der Waals surface area (Å²) in [5.41, 5.74) is 10.5. The fourth-order valence-corrected chi connectivity index (χ4v) is 8.34. The van der Waals surface area contributed by atoms with Crippen LogP contribution in [-0.4, -0.2) is 19.9 Å². The molecule has 1 aliphatic carbocycles. The van der Waals surface area contributed by atoms with Gasteiger partial charge in [0.2, 0.25) is 0 Å². The smallest absolute Gasteiger partial charge is 0.165 e. The van der Waals surface area contributed by atoms with E-state index in [0.717, 1.165) is 53.5 Å². The van der Waals surface area contributed by atoms with Crippen molar-refractivity contribution in [3.05, 3.63) is 168 Å². The van der Waals surface area contributed by atoms with E-state index in [9.17, 15) is 0 Å². The molecule has 0 radical (unpaired) electrons. The van der Waals surface area contributed by atoms with Crippen LogP contribution in [0.4, 0.5) is 0 Å². The van der Waals surface area contributed by atoms with Crippen LogP contribution in [0.3, 0.4) is 0 Å². The molecule has 0 amide bonds. The molecule has 2 aromatic heterocycles. The summed E-state index contributed by atoms with van der Waals surface area (Å²) in [7, 11) is 0. The Kier molecular flexibility index (Phi) is 6.34. The summed E-state index contributed by atoms with van der Waals surface area (Å²) in [6.45, 7) is 0. The number of benzene rings is 8. The Labute approximate surface area is 302 Å². The number of rotatable bonds is 5. The summed E-state index contributed by atoms with van der Waals surface area (Å²) in [6, 6.07) is 55.6. The lowest BCUT2D eigenvalue weighted by Crippen LogP contribution is -2.12. The van der Waals surface area contributed by atoms with Crippen LogP contribution in [0.1, 0.15) is 0 Å². The Morgan fingerprint density at radius 3 is 1.77 bits per heavy atom. The minimum absolute atomic E-state index is 0.622. The minimum Gasteiger partial charge on any atom is -0.236 e. The van der Waals surface area contributed by atoms with E-state index in [1.165, 1.54) is 37.9 Å². The molecular formula is C47H26N4S. The Balaban J connectivity index is 0.989. The van der Waals surface area contributed by atoms with Gasteiger partial charge in [0.05, 0.1) is 10.2 Å². The Morgan fingerprint density at radius 1 is 0.385 bits per heavy atom. The molecule has 2 heterocycles. The summed E-state index contributed by atoms with van der Waals surface area (Å²) in [6.07, 6.45) is 0. The Morgan fingerprint density at radius 2 is 0.981 bits per heavy atom. The highest BCUT2D eigenvalue weighted by Crippen LogP contribution is 2.39.